The van der Waals surface area contributed by atoms with Crippen molar-refractivity contribution in [2.45, 2.75) is 45.3 Å². The van der Waals surface area contributed by atoms with Crippen LogP contribution in [-0.2, 0) is 0 Å². The molecule has 2 aliphatic rings. The molecule has 0 N–H and O–H groups in total. The molecule has 270 valence electrons. The number of rotatable bonds is 13. The Labute approximate surface area is 327 Å². The van der Waals surface area contributed by atoms with Crippen LogP contribution in [0.4, 0.5) is 34.1 Å². The van der Waals surface area contributed by atoms with Crippen LogP contribution < -0.4 is 19.8 Å². The van der Waals surface area contributed by atoms with Crippen LogP contribution in [0.2, 0.25) is 0 Å². The zero-order valence-electron chi connectivity index (χ0n) is 30.8. The van der Waals surface area contributed by atoms with Gasteiger partial charge in [0.1, 0.15) is 0 Å². The van der Waals surface area contributed by atoms with Gasteiger partial charge in [0.05, 0.1) is 46.6 Å². The van der Waals surface area contributed by atoms with Crippen molar-refractivity contribution in [2.24, 2.45) is 10.2 Å². The minimum atomic E-state index is 0.991. The molecule has 0 spiro atoms. The molecular weight excluding hydrogens is 701 g/mol. The second kappa shape index (κ2) is 16.7. The van der Waals surface area contributed by atoms with Gasteiger partial charge in [-0.05, 0) is 96.8 Å². The first-order valence-corrected chi connectivity index (χ1v) is 20.3. The van der Waals surface area contributed by atoms with Gasteiger partial charge in [0.25, 0.3) is 0 Å². The number of hydrazone groups is 2. The van der Waals surface area contributed by atoms with Crippen LogP contribution in [0.1, 0.15) is 36.8 Å². The first-order chi connectivity index (χ1) is 26.6. The second-order valence-corrected chi connectivity index (χ2v) is 15.7. The van der Waals surface area contributed by atoms with E-state index >= 15 is 0 Å². The zero-order chi connectivity index (χ0) is 36.7. The number of nitrogens with zero attached hydrogens (tertiary/aromatic N) is 6. The number of para-hydroxylation sites is 4. The number of unbranched alkanes of at least 4 members (excludes halogenated alkanes) is 3. The topological polar surface area (TPSA) is 37.7 Å². The fourth-order valence-corrected chi connectivity index (χ4v) is 9.25. The molecule has 2 heterocycles. The Morgan fingerprint density at radius 1 is 0.444 bits per heavy atom. The quantitative estimate of drug-likeness (QED) is 0.0666. The molecule has 6 aromatic carbocycles. The minimum Gasteiger partial charge on any atom is -0.340 e. The van der Waals surface area contributed by atoms with E-state index in [-0.39, 0.29) is 0 Å². The fourth-order valence-electron chi connectivity index (χ4n) is 6.96. The third-order valence-electron chi connectivity index (χ3n) is 9.83. The third-order valence-corrected chi connectivity index (χ3v) is 12.1. The Hall–Kier alpha value is -5.44. The zero-order valence-corrected chi connectivity index (χ0v) is 32.4. The lowest BCUT2D eigenvalue weighted by molar-refractivity contribution is 0.640. The molecule has 0 unspecified atom stereocenters. The molecule has 54 heavy (non-hydrogen) atoms. The maximum absolute atomic E-state index is 4.71. The molecule has 0 saturated heterocycles. The highest BCUT2D eigenvalue weighted by atomic mass is 32.2. The summed E-state index contributed by atoms with van der Waals surface area (Å²) >= 11 is 3.71. The van der Waals surface area contributed by atoms with Gasteiger partial charge >= 0.3 is 0 Å². The maximum atomic E-state index is 4.71. The molecule has 0 atom stereocenters. The van der Waals surface area contributed by atoms with Gasteiger partial charge in [0.2, 0.25) is 0 Å². The summed E-state index contributed by atoms with van der Waals surface area (Å²) in [4.78, 5) is 10.2. The highest BCUT2D eigenvalue weighted by Crippen LogP contribution is 2.49. The summed E-state index contributed by atoms with van der Waals surface area (Å²) in [7, 11) is 3.97. The molecule has 0 fully saturated rings. The number of benzene rings is 6. The van der Waals surface area contributed by atoms with Crippen LogP contribution in [0.5, 0.6) is 0 Å². The molecule has 6 aromatic rings. The predicted octanol–water partition coefficient (Wildman–Crippen LogP) is 12.1. The van der Waals surface area contributed by atoms with Gasteiger partial charge in [0.15, 0.2) is 0 Å². The smallest absolute Gasteiger partial charge is 0.0590 e. The number of fused-ring (bicyclic) bond motifs is 4. The van der Waals surface area contributed by atoms with Crippen molar-refractivity contribution in [3.8, 4) is 0 Å². The molecule has 0 bridgehead atoms. The first kappa shape index (κ1) is 35.6. The largest absolute Gasteiger partial charge is 0.340 e. The summed E-state index contributed by atoms with van der Waals surface area (Å²) in [5, 5.41) is 13.3. The van der Waals surface area contributed by atoms with E-state index in [0.29, 0.717) is 0 Å². The number of hydrogen-bond donors (Lipinski definition) is 0. The van der Waals surface area contributed by atoms with Crippen molar-refractivity contribution in [3.63, 3.8) is 0 Å². The van der Waals surface area contributed by atoms with Crippen molar-refractivity contribution in [2.75, 3.05) is 47.0 Å². The van der Waals surface area contributed by atoms with E-state index < -0.39 is 0 Å². The summed E-state index contributed by atoms with van der Waals surface area (Å²) in [6.07, 6.45) is 8.53. The standard InChI is InChI=1S/C46H44N6S2/c1-49(37-17-7-5-8-18-37)47-33-35-25-27-41-45(31-35)53-43-23-13-11-21-39(43)51(41)29-15-3-4-16-30-52-40-22-12-14-24-44(40)54-46-32-36(26-28-42(46)52)34-48-50(2)38-19-9-6-10-20-38/h5-14,17-28,31-34H,3-4,15-16,29-30H2,1-2H3/b47-33+,48-34+. The molecule has 0 saturated carbocycles. The van der Waals surface area contributed by atoms with Gasteiger partial charge in [-0.1, -0.05) is 109 Å². The number of anilines is 6. The van der Waals surface area contributed by atoms with Crippen molar-refractivity contribution in [1.82, 2.24) is 0 Å². The maximum Gasteiger partial charge on any atom is 0.0590 e. The van der Waals surface area contributed by atoms with Crippen LogP contribution in [0.3, 0.4) is 0 Å². The third kappa shape index (κ3) is 8.05. The molecule has 2 aliphatic heterocycles. The van der Waals surface area contributed by atoms with Gasteiger partial charge < -0.3 is 9.80 Å². The Balaban J connectivity index is 0.901. The Morgan fingerprint density at radius 2 is 0.833 bits per heavy atom. The molecular formula is C46H44N6S2. The van der Waals surface area contributed by atoms with Crippen LogP contribution in [0, 0.1) is 0 Å². The monoisotopic (exact) mass is 744 g/mol. The molecule has 0 radical (unpaired) electrons. The van der Waals surface area contributed by atoms with E-state index in [1.165, 1.54) is 55.2 Å². The van der Waals surface area contributed by atoms with E-state index in [9.17, 15) is 0 Å². The van der Waals surface area contributed by atoms with E-state index in [2.05, 4.69) is 119 Å². The van der Waals surface area contributed by atoms with E-state index in [0.717, 1.165) is 48.4 Å². The molecule has 0 aliphatic carbocycles. The van der Waals surface area contributed by atoms with Crippen LogP contribution in [-0.4, -0.2) is 39.6 Å². The van der Waals surface area contributed by atoms with E-state index in [4.69, 9.17) is 10.2 Å². The van der Waals surface area contributed by atoms with Crippen molar-refractivity contribution in [1.29, 1.82) is 0 Å². The minimum absolute atomic E-state index is 0.991. The highest BCUT2D eigenvalue weighted by molar-refractivity contribution is 8.00. The average molecular weight is 745 g/mol. The van der Waals surface area contributed by atoms with Crippen LogP contribution >= 0.6 is 23.5 Å². The molecule has 8 rings (SSSR count). The summed E-state index contributed by atoms with van der Waals surface area (Å²) in [5.74, 6) is 0. The van der Waals surface area contributed by atoms with Gasteiger partial charge in [0, 0.05) is 46.8 Å². The van der Waals surface area contributed by atoms with Crippen molar-refractivity contribution < 1.29 is 0 Å². The van der Waals surface area contributed by atoms with Crippen molar-refractivity contribution >= 4 is 70.1 Å². The van der Waals surface area contributed by atoms with Gasteiger partial charge in [-0.25, -0.2) is 0 Å². The molecule has 0 amide bonds. The van der Waals surface area contributed by atoms with Gasteiger partial charge in [-0.3, -0.25) is 10.0 Å². The SMILES string of the molecule is CN(/N=C/c1ccc2c(c1)Sc1ccccc1N2CCCCCCN1c2ccccc2Sc2cc(/C=N/N(C)c3ccccc3)ccc21)c1ccccc1. The molecule has 8 heteroatoms. The van der Waals surface area contributed by atoms with Gasteiger partial charge in [-0.15, -0.1) is 0 Å². The highest BCUT2D eigenvalue weighted by Gasteiger charge is 2.25. The van der Waals surface area contributed by atoms with E-state index in [1.807, 2.05) is 96.5 Å². The molecule has 0 aromatic heterocycles. The number of hydrogen-bond acceptors (Lipinski definition) is 8. The fraction of sp³-hybridized carbons (Fsp3) is 0.174. The predicted molar refractivity (Wildman–Crippen MR) is 231 cm³/mol. The van der Waals surface area contributed by atoms with Crippen LogP contribution in [0.25, 0.3) is 0 Å². The van der Waals surface area contributed by atoms with Gasteiger partial charge in [-0.2, -0.15) is 10.2 Å². The van der Waals surface area contributed by atoms with Crippen LogP contribution in [0.15, 0.2) is 175 Å². The Morgan fingerprint density at radius 3 is 1.28 bits per heavy atom. The Bertz CT molecular complexity index is 2100. The second-order valence-electron chi connectivity index (χ2n) is 13.5. The lowest BCUT2D eigenvalue weighted by Crippen LogP contribution is -2.23. The first-order valence-electron chi connectivity index (χ1n) is 18.6. The Kier molecular flexibility index (Phi) is 11.0. The summed E-state index contributed by atoms with van der Waals surface area (Å²) in [6, 6.07) is 51.5. The summed E-state index contributed by atoms with van der Waals surface area (Å²) < 4.78 is 0. The van der Waals surface area contributed by atoms with E-state index in [1.54, 1.807) is 0 Å². The summed E-state index contributed by atoms with van der Waals surface area (Å²) in [6.45, 7) is 1.98. The lowest BCUT2D eigenvalue weighted by atomic mass is 10.1. The summed E-state index contributed by atoms with van der Waals surface area (Å²) in [5.41, 5.74) is 9.49. The average Bonchev–Trinajstić information content (AvgIpc) is 3.22. The van der Waals surface area contributed by atoms with Crippen molar-refractivity contribution in [3.05, 3.63) is 157 Å². The lowest BCUT2D eigenvalue weighted by Gasteiger charge is -2.33. The molecule has 6 nitrogen and oxygen atoms in total. The normalized spacial score (nSPS) is 13.1.